The van der Waals surface area contributed by atoms with Gasteiger partial charge in [-0.2, -0.15) is 0 Å². The Balaban J connectivity index is 1.81. The molecule has 0 radical (unpaired) electrons. The van der Waals surface area contributed by atoms with Crippen molar-refractivity contribution in [3.63, 3.8) is 0 Å². The third-order valence-electron chi connectivity index (χ3n) is 3.77. The Kier molecular flexibility index (Phi) is 7.36. The van der Waals surface area contributed by atoms with Crippen LogP contribution in [0.15, 0.2) is 29.6 Å². The Bertz CT molecular complexity index is 568. The molecule has 0 saturated heterocycles. The molecule has 0 saturated carbocycles. The monoisotopic (exact) mass is 333 g/mol. The quantitative estimate of drug-likeness (QED) is 0.592. The summed E-state index contributed by atoms with van der Waals surface area (Å²) < 4.78 is 5.76. The molecule has 2 N–H and O–H groups in total. The lowest BCUT2D eigenvalue weighted by molar-refractivity contribution is 0.305. The SMILES string of the molecule is CCCCCCOc1ccc(Nc2nc(C(C)NC)cs2)cc1. The van der Waals surface area contributed by atoms with Gasteiger partial charge >= 0.3 is 0 Å². The number of unbranched alkanes of at least 4 members (excludes halogenated alkanes) is 3. The molecule has 126 valence electrons. The number of benzene rings is 1. The zero-order valence-electron chi connectivity index (χ0n) is 14.3. The molecule has 23 heavy (non-hydrogen) atoms. The molecule has 4 nitrogen and oxygen atoms in total. The molecule has 0 fully saturated rings. The summed E-state index contributed by atoms with van der Waals surface area (Å²) in [6.07, 6.45) is 4.91. The van der Waals surface area contributed by atoms with Crippen LogP contribution in [0.1, 0.15) is 51.3 Å². The normalized spacial score (nSPS) is 12.1. The third-order valence-corrected chi connectivity index (χ3v) is 4.55. The lowest BCUT2D eigenvalue weighted by Gasteiger charge is -2.08. The first-order valence-electron chi connectivity index (χ1n) is 8.35. The highest BCUT2D eigenvalue weighted by Gasteiger charge is 2.08. The highest BCUT2D eigenvalue weighted by Crippen LogP contribution is 2.25. The minimum Gasteiger partial charge on any atom is -0.494 e. The summed E-state index contributed by atoms with van der Waals surface area (Å²) in [6, 6.07) is 8.35. The van der Waals surface area contributed by atoms with Crippen LogP contribution in [0.4, 0.5) is 10.8 Å². The van der Waals surface area contributed by atoms with E-state index in [1.165, 1.54) is 19.3 Å². The molecule has 5 heteroatoms. The molecule has 1 heterocycles. The van der Waals surface area contributed by atoms with Crippen molar-refractivity contribution in [1.82, 2.24) is 10.3 Å². The fourth-order valence-corrected chi connectivity index (χ4v) is 2.99. The minimum absolute atomic E-state index is 0.269. The topological polar surface area (TPSA) is 46.2 Å². The molecule has 0 aliphatic carbocycles. The summed E-state index contributed by atoms with van der Waals surface area (Å²) in [5, 5.41) is 9.53. The van der Waals surface area contributed by atoms with E-state index in [9.17, 15) is 0 Å². The highest BCUT2D eigenvalue weighted by atomic mass is 32.1. The third kappa shape index (κ3) is 5.84. The smallest absolute Gasteiger partial charge is 0.187 e. The van der Waals surface area contributed by atoms with Gasteiger partial charge in [-0.15, -0.1) is 11.3 Å². The van der Waals surface area contributed by atoms with E-state index in [4.69, 9.17) is 4.74 Å². The number of nitrogens with one attached hydrogen (secondary N) is 2. The van der Waals surface area contributed by atoms with Crippen molar-refractivity contribution in [3.8, 4) is 5.75 Å². The van der Waals surface area contributed by atoms with E-state index < -0.39 is 0 Å². The van der Waals surface area contributed by atoms with Crippen molar-refractivity contribution < 1.29 is 4.74 Å². The number of nitrogens with zero attached hydrogens (tertiary/aromatic N) is 1. The van der Waals surface area contributed by atoms with E-state index in [0.29, 0.717) is 0 Å². The van der Waals surface area contributed by atoms with Gasteiger partial charge in [-0.05, 0) is 44.7 Å². The Morgan fingerprint density at radius 1 is 1.17 bits per heavy atom. The average Bonchev–Trinajstić information content (AvgIpc) is 3.04. The molecule has 0 aliphatic rings. The van der Waals surface area contributed by atoms with Gasteiger partial charge in [-0.1, -0.05) is 26.2 Å². The van der Waals surface area contributed by atoms with Gasteiger partial charge in [0.2, 0.25) is 0 Å². The number of rotatable bonds is 10. The summed E-state index contributed by atoms with van der Waals surface area (Å²) in [7, 11) is 1.94. The number of aromatic nitrogens is 1. The zero-order valence-corrected chi connectivity index (χ0v) is 15.1. The van der Waals surface area contributed by atoms with Gasteiger partial charge in [0.05, 0.1) is 12.3 Å². The van der Waals surface area contributed by atoms with Crippen molar-refractivity contribution in [3.05, 3.63) is 35.3 Å². The number of thiazole rings is 1. The van der Waals surface area contributed by atoms with Crippen LogP contribution in [0.5, 0.6) is 5.75 Å². The van der Waals surface area contributed by atoms with E-state index >= 15 is 0 Å². The molecule has 1 aromatic carbocycles. The molecule has 1 aromatic heterocycles. The van der Waals surface area contributed by atoms with E-state index in [1.54, 1.807) is 11.3 Å². The van der Waals surface area contributed by atoms with Crippen molar-refractivity contribution in [1.29, 1.82) is 0 Å². The summed E-state index contributed by atoms with van der Waals surface area (Å²) in [4.78, 5) is 4.59. The van der Waals surface area contributed by atoms with E-state index in [0.717, 1.165) is 35.3 Å². The lowest BCUT2D eigenvalue weighted by atomic mass is 10.2. The van der Waals surface area contributed by atoms with Gasteiger partial charge in [0.1, 0.15) is 5.75 Å². The first-order valence-corrected chi connectivity index (χ1v) is 9.23. The van der Waals surface area contributed by atoms with Gasteiger partial charge < -0.3 is 15.4 Å². The van der Waals surface area contributed by atoms with Crippen LogP contribution in [-0.4, -0.2) is 18.6 Å². The molecule has 0 amide bonds. The lowest BCUT2D eigenvalue weighted by Crippen LogP contribution is -2.12. The van der Waals surface area contributed by atoms with Crippen LogP contribution < -0.4 is 15.4 Å². The largest absolute Gasteiger partial charge is 0.494 e. The molecular weight excluding hydrogens is 306 g/mol. The van der Waals surface area contributed by atoms with Gasteiger partial charge in [0.15, 0.2) is 5.13 Å². The fourth-order valence-electron chi connectivity index (χ4n) is 2.17. The molecule has 1 unspecified atom stereocenters. The van der Waals surface area contributed by atoms with Gasteiger partial charge in [-0.25, -0.2) is 4.98 Å². The highest BCUT2D eigenvalue weighted by molar-refractivity contribution is 7.13. The fraction of sp³-hybridized carbons (Fsp3) is 0.500. The molecule has 2 rings (SSSR count). The second kappa shape index (κ2) is 9.53. The van der Waals surface area contributed by atoms with Gasteiger partial charge in [0.25, 0.3) is 0 Å². The Labute approximate surface area is 143 Å². The average molecular weight is 334 g/mol. The van der Waals surface area contributed by atoms with Crippen molar-refractivity contribution in [2.75, 3.05) is 19.0 Å². The Hall–Kier alpha value is -1.59. The summed E-state index contributed by atoms with van der Waals surface area (Å²) >= 11 is 1.62. The van der Waals surface area contributed by atoms with Gasteiger partial charge in [0, 0.05) is 17.1 Å². The minimum atomic E-state index is 0.269. The molecule has 0 bridgehead atoms. The van der Waals surface area contributed by atoms with E-state index in [1.807, 2.05) is 31.3 Å². The van der Waals surface area contributed by atoms with Crippen molar-refractivity contribution >= 4 is 22.2 Å². The number of hydrogen-bond acceptors (Lipinski definition) is 5. The summed E-state index contributed by atoms with van der Waals surface area (Å²) in [5.74, 6) is 0.927. The Morgan fingerprint density at radius 2 is 1.96 bits per heavy atom. The van der Waals surface area contributed by atoms with Crippen LogP contribution >= 0.6 is 11.3 Å². The molecular formula is C18H27N3OS. The summed E-state index contributed by atoms with van der Waals surface area (Å²) in [6.45, 7) is 5.12. The first-order chi connectivity index (χ1) is 11.2. The Morgan fingerprint density at radius 3 is 2.65 bits per heavy atom. The van der Waals surface area contributed by atoms with Crippen LogP contribution in [-0.2, 0) is 0 Å². The van der Waals surface area contributed by atoms with Crippen LogP contribution in [0, 0.1) is 0 Å². The van der Waals surface area contributed by atoms with Crippen LogP contribution in [0.25, 0.3) is 0 Å². The predicted molar refractivity (Wildman–Crippen MR) is 99.0 cm³/mol. The second-order valence-corrected chi connectivity index (χ2v) is 6.50. The second-order valence-electron chi connectivity index (χ2n) is 5.65. The number of hydrogen-bond donors (Lipinski definition) is 2. The maximum absolute atomic E-state index is 5.76. The standard InChI is InChI=1S/C18H27N3OS/c1-4-5-6-7-12-22-16-10-8-15(9-11-16)20-18-21-17(13-23-18)14(2)19-3/h8-11,13-14,19H,4-7,12H2,1-3H3,(H,20,21). The first kappa shape index (κ1) is 17.8. The number of ether oxygens (including phenoxy) is 1. The maximum atomic E-state index is 5.76. The van der Waals surface area contributed by atoms with Crippen LogP contribution in [0.3, 0.4) is 0 Å². The molecule has 2 aromatic rings. The number of anilines is 2. The van der Waals surface area contributed by atoms with E-state index in [-0.39, 0.29) is 6.04 Å². The molecule has 1 atom stereocenters. The predicted octanol–water partition coefficient (Wildman–Crippen LogP) is 5.13. The zero-order chi connectivity index (χ0) is 16.5. The van der Waals surface area contributed by atoms with Crippen molar-refractivity contribution in [2.45, 2.75) is 45.6 Å². The maximum Gasteiger partial charge on any atom is 0.187 e. The van der Waals surface area contributed by atoms with Crippen molar-refractivity contribution in [2.24, 2.45) is 0 Å². The van der Waals surface area contributed by atoms with Crippen LogP contribution in [0.2, 0.25) is 0 Å². The molecule has 0 aliphatic heterocycles. The molecule has 0 spiro atoms. The van der Waals surface area contributed by atoms with Gasteiger partial charge in [-0.3, -0.25) is 0 Å². The summed E-state index contributed by atoms with van der Waals surface area (Å²) in [5.41, 5.74) is 2.09. The van der Waals surface area contributed by atoms with E-state index in [2.05, 4.69) is 34.8 Å².